The highest BCUT2D eigenvalue weighted by Gasteiger charge is 2.28. The van der Waals surface area contributed by atoms with Gasteiger partial charge in [0, 0.05) is 24.9 Å². The second kappa shape index (κ2) is 13.1. The average molecular weight is 537 g/mol. The maximum atomic E-state index is 13.7. The molecule has 1 aliphatic rings. The van der Waals surface area contributed by atoms with Crippen molar-refractivity contribution in [3.05, 3.63) is 137 Å². The summed E-state index contributed by atoms with van der Waals surface area (Å²) in [5.41, 5.74) is 6.72. The van der Waals surface area contributed by atoms with Gasteiger partial charge in [0.2, 0.25) is 5.91 Å². The fourth-order valence-corrected chi connectivity index (χ4v) is 5.08. The third-order valence-electron chi connectivity index (χ3n) is 7.13. The number of carbonyl (C=O) groups excluding carboxylic acids is 1. The number of carbonyl (C=O) groups is 1. The van der Waals surface area contributed by atoms with E-state index < -0.39 is 0 Å². The predicted molar refractivity (Wildman–Crippen MR) is 157 cm³/mol. The van der Waals surface area contributed by atoms with E-state index in [4.69, 9.17) is 9.84 Å². The van der Waals surface area contributed by atoms with Gasteiger partial charge < -0.3 is 20.1 Å². The molecular weight excluding hydrogens is 503 g/mol. The minimum Gasteiger partial charge on any atom is -0.489 e. The Morgan fingerprint density at radius 3 is 2.50 bits per heavy atom. The van der Waals surface area contributed by atoms with Crippen LogP contribution in [0.5, 0.6) is 5.75 Å². The monoisotopic (exact) mass is 536 g/mol. The fraction of sp³-hybridized carbons (Fsp3) is 0.206. The van der Waals surface area contributed by atoms with Gasteiger partial charge in [-0.25, -0.2) is 4.39 Å². The molecule has 204 valence electrons. The van der Waals surface area contributed by atoms with Crippen molar-refractivity contribution in [3.8, 4) is 5.75 Å². The van der Waals surface area contributed by atoms with Gasteiger partial charge in [0.15, 0.2) is 0 Å². The maximum Gasteiger partial charge on any atom is 0.244 e. The number of rotatable bonds is 10. The number of anilines is 1. The molecule has 0 radical (unpaired) electrons. The number of benzene rings is 4. The smallest absolute Gasteiger partial charge is 0.244 e. The van der Waals surface area contributed by atoms with Crippen LogP contribution in [0.4, 0.5) is 10.1 Å². The number of hydrogen-bond acceptors (Lipinski definition) is 4. The van der Waals surface area contributed by atoms with E-state index >= 15 is 0 Å². The molecule has 0 spiro atoms. The fourth-order valence-electron chi connectivity index (χ4n) is 5.08. The molecule has 6 heteroatoms. The Labute approximate surface area is 234 Å². The Balaban J connectivity index is 1.36. The molecule has 0 aliphatic carbocycles. The molecule has 0 fully saturated rings. The van der Waals surface area contributed by atoms with E-state index in [1.165, 1.54) is 29.3 Å². The number of aliphatic hydroxyl groups is 1. The van der Waals surface area contributed by atoms with Gasteiger partial charge in [-0.1, -0.05) is 60.7 Å². The SMILES string of the molecule is O=C(C=Cc1ccc(CC2c3ccc(OCc4ccccc4)cc3CCN2c2ccc(F)cc2)cc1)NCCO. The number of fused-ring (bicyclic) bond motifs is 1. The molecule has 40 heavy (non-hydrogen) atoms. The molecule has 0 saturated carbocycles. The average Bonchev–Trinajstić information content (AvgIpc) is 2.99. The standard InChI is InChI=1S/C34H33FN2O3/c35-29-11-13-30(14-12-29)37-20-18-28-23-31(40-24-27-4-2-1-3-5-27)15-16-32(28)33(37)22-26-8-6-25(7-9-26)10-17-34(39)36-19-21-38/h1-17,23,33,38H,18-22,24H2,(H,36,39). The quantitative estimate of drug-likeness (QED) is 0.249. The summed E-state index contributed by atoms with van der Waals surface area (Å²) in [6.07, 6.45) is 4.87. The lowest BCUT2D eigenvalue weighted by molar-refractivity contribution is -0.116. The molecule has 1 amide bonds. The normalized spacial score (nSPS) is 14.7. The van der Waals surface area contributed by atoms with Gasteiger partial charge >= 0.3 is 0 Å². The van der Waals surface area contributed by atoms with Crippen molar-refractivity contribution >= 4 is 17.7 Å². The Hall–Kier alpha value is -4.42. The summed E-state index contributed by atoms with van der Waals surface area (Å²) >= 11 is 0. The van der Waals surface area contributed by atoms with Crippen LogP contribution in [0.1, 0.15) is 33.9 Å². The van der Waals surface area contributed by atoms with Gasteiger partial charge in [-0.2, -0.15) is 0 Å². The zero-order chi connectivity index (χ0) is 27.7. The van der Waals surface area contributed by atoms with Crippen LogP contribution in [-0.4, -0.2) is 30.7 Å². The first-order chi connectivity index (χ1) is 19.6. The van der Waals surface area contributed by atoms with E-state index in [1.54, 1.807) is 6.08 Å². The molecule has 1 heterocycles. The molecule has 4 aromatic carbocycles. The molecule has 0 bridgehead atoms. The van der Waals surface area contributed by atoms with Crippen LogP contribution < -0.4 is 15.0 Å². The van der Waals surface area contributed by atoms with E-state index in [0.29, 0.717) is 6.61 Å². The van der Waals surface area contributed by atoms with E-state index in [9.17, 15) is 9.18 Å². The summed E-state index contributed by atoms with van der Waals surface area (Å²) in [5.74, 6) is 0.376. The third kappa shape index (κ3) is 6.96. The molecule has 1 aliphatic heterocycles. The van der Waals surface area contributed by atoms with Crippen molar-refractivity contribution in [3.63, 3.8) is 0 Å². The second-order valence-corrected chi connectivity index (χ2v) is 9.86. The summed E-state index contributed by atoms with van der Waals surface area (Å²) in [6.45, 7) is 1.48. The lowest BCUT2D eigenvalue weighted by atomic mass is 9.88. The van der Waals surface area contributed by atoms with Crippen molar-refractivity contribution in [2.75, 3.05) is 24.6 Å². The lowest BCUT2D eigenvalue weighted by Crippen LogP contribution is -2.36. The molecule has 1 atom stereocenters. The van der Waals surface area contributed by atoms with Gasteiger partial charge in [0.05, 0.1) is 12.6 Å². The number of hydrogen-bond donors (Lipinski definition) is 2. The van der Waals surface area contributed by atoms with Gasteiger partial charge in [-0.15, -0.1) is 0 Å². The van der Waals surface area contributed by atoms with E-state index in [-0.39, 0.29) is 30.9 Å². The number of amides is 1. The number of nitrogens with zero attached hydrogens (tertiary/aromatic N) is 1. The van der Waals surface area contributed by atoms with Crippen molar-refractivity contribution in [2.24, 2.45) is 0 Å². The number of nitrogens with one attached hydrogen (secondary N) is 1. The van der Waals surface area contributed by atoms with Crippen LogP contribution in [0.15, 0.2) is 103 Å². The predicted octanol–water partition coefficient (Wildman–Crippen LogP) is 5.87. The number of ether oxygens (including phenoxy) is 1. The van der Waals surface area contributed by atoms with Crippen molar-refractivity contribution in [1.29, 1.82) is 0 Å². The summed E-state index contributed by atoms with van der Waals surface area (Å²) in [4.78, 5) is 14.2. The zero-order valence-electron chi connectivity index (χ0n) is 22.3. The Morgan fingerprint density at radius 1 is 0.975 bits per heavy atom. The van der Waals surface area contributed by atoms with Crippen molar-refractivity contribution in [1.82, 2.24) is 5.32 Å². The molecule has 5 nitrogen and oxygen atoms in total. The first-order valence-electron chi connectivity index (χ1n) is 13.6. The molecular formula is C34H33FN2O3. The molecule has 5 rings (SSSR count). The molecule has 4 aromatic rings. The first-order valence-corrected chi connectivity index (χ1v) is 13.6. The van der Waals surface area contributed by atoms with Gasteiger partial charge in [0.25, 0.3) is 0 Å². The Bertz CT molecular complexity index is 1440. The highest BCUT2D eigenvalue weighted by atomic mass is 19.1. The maximum absolute atomic E-state index is 13.7. The van der Waals surface area contributed by atoms with Gasteiger partial charge in [0.1, 0.15) is 18.2 Å². The molecule has 1 unspecified atom stereocenters. The van der Waals surface area contributed by atoms with E-state index in [0.717, 1.165) is 47.5 Å². The van der Waals surface area contributed by atoms with E-state index in [1.807, 2.05) is 48.5 Å². The van der Waals surface area contributed by atoms with E-state index in [2.05, 4.69) is 46.6 Å². The molecule has 2 N–H and O–H groups in total. The summed E-state index contributed by atoms with van der Waals surface area (Å²) in [5, 5.41) is 11.5. The minimum atomic E-state index is -0.244. The Kier molecular flexibility index (Phi) is 8.89. The second-order valence-electron chi connectivity index (χ2n) is 9.86. The Morgan fingerprint density at radius 2 is 1.75 bits per heavy atom. The van der Waals surface area contributed by atoms with Crippen molar-refractivity contribution < 1.29 is 19.0 Å². The summed E-state index contributed by atoms with van der Waals surface area (Å²) in [6, 6.07) is 31.5. The third-order valence-corrected chi connectivity index (χ3v) is 7.13. The highest BCUT2D eigenvalue weighted by molar-refractivity contribution is 5.91. The highest BCUT2D eigenvalue weighted by Crippen LogP contribution is 2.37. The largest absolute Gasteiger partial charge is 0.489 e. The minimum absolute atomic E-state index is 0.0723. The van der Waals surface area contributed by atoms with Gasteiger partial charge in [-0.3, -0.25) is 4.79 Å². The van der Waals surface area contributed by atoms with Crippen LogP contribution in [0.2, 0.25) is 0 Å². The van der Waals surface area contributed by atoms with Gasteiger partial charge in [-0.05, 0) is 83.1 Å². The van der Waals surface area contributed by atoms with Crippen LogP contribution >= 0.6 is 0 Å². The van der Waals surface area contributed by atoms with Crippen LogP contribution in [0, 0.1) is 5.82 Å². The van der Waals surface area contributed by atoms with Crippen molar-refractivity contribution in [2.45, 2.75) is 25.5 Å². The lowest BCUT2D eigenvalue weighted by Gasteiger charge is -2.39. The zero-order valence-corrected chi connectivity index (χ0v) is 22.3. The summed E-state index contributed by atoms with van der Waals surface area (Å²) < 4.78 is 19.8. The molecule has 0 aromatic heterocycles. The van der Waals surface area contributed by atoms with Crippen LogP contribution in [0.3, 0.4) is 0 Å². The number of halogens is 1. The summed E-state index contributed by atoms with van der Waals surface area (Å²) in [7, 11) is 0. The first kappa shape index (κ1) is 27.2. The molecule has 0 saturated heterocycles. The number of aliphatic hydroxyl groups excluding tert-OH is 1. The van der Waals surface area contributed by atoms with Crippen LogP contribution in [-0.2, 0) is 24.2 Å². The van der Waals surface area contributed by atoms with Crippen LogP contribution in [0.25, 0.3) is 6.08 Å². The topological polar surface area (TPSA) is 61.8 Å².